The Kier molecular flexibility index (Phi) is 3.56. The number of hydrogen-bond donors (Lipinski definition) is 1. The number of nitrogens with two attached hydrogens (primary N) is 1. The molecule has 0 heterocycles. The summed E-state index contributed by atoms with van der Waals surface area (Å²) in [6.07, 6.45) is 0. The fraction of sp³-hybridized carbons (Fsp3) is 0.462. The molecule has 0 fully saturated rings. The van der Waals surface area contributed by atoms with E-state index in [-0.39, 0.29) is 0 Å². The third-order valence-corrected chi connectivity index (χ3v) is 2.47. The number of nitrogens with zero attached hydrogens (tertiary/aromatic N) is 2. The van der Waals surface area contributed by atoms with Crippen LogP contribution in [0.3, 0.4) is 0 Å². The van der Waals surface area contributed by atoms with Gasteiger partial charge in [0.15, 0.2) is 0 Å². The highest BCUT2D eigenvalue weighted by Gasteiger charge is 2.20. The van der Waals surface area contributed by atoms with Crippen LogP contribution in [0, 0.1) is 25.2 Å². The molecule has 2 N–H and O–H groups in total. The topological polar surface area (TPSA) is 53.0 Å². The molecular formula is C13H19N3. The molecule has 0 aliphatic heterocycles. The van der Waals surface area contributed by atoms with E-state index < -0.39 is 5.54 Å². The molecule has 3 nitrogen and oxygen atoms in total. The molecular weight excluding hydrogens is 198 g/mol. The van der Waals surface area contributed by atoms with Crippen molar-refractivity contribution in [1.82, 2.24) is 0 Å². The van der Waals surface area contributed by atoms with E-state index in [1.54, 1.807) is 6.92 Å². The van der Waals surface area contributed by atoms with E-state index in [2.05, 4.69) is 38.1 Å². The van der Waals surface area contributed by atoms with Crippen molar-refractivity contribution >= 4 is 5.69 Å². The van der Waals surface area contributed by atoms with Crippen molar-refractivity contribution in [3.8, 4) is 6.07 Å². The second-order valence-corrected chi connectivity index (χ2v) is 4.73. The van der Waals surface area contributed by atoms with Crippen LogP contribution in [0.5, 0.6) is 0 Å². The fourth-order valence-corrected chi connectivity index (χ4v) is 1.79. The number of aryl methyl sites for hydroxylation is 2. The first-order valence-corrected chi connectivity index (χ1v) is 5.33. The summed E-state index contributed by atoms with van der Waals surface area (Å²) in [4.78, 5) is 2.02. The summed E-state index contributed by atoms with van der Waals surface area (Å²) in [5.41, 5.74) is 8.56. The predicted molar refractivity (Wildman–Crippen MR) is 67.4 cm³/mol. The van der Waals surface area contributed by atoms with Crippen LogP contribution in [-0.2, 0) is 0 Å². The highest BCUT2D eigenvalue weighted by molar-refractivity contribution is 5.50. The molecule has 1 aromatic rings. The van der Waals surface area contributed by atoms with Crippen LogP contribution < -0.4 is 10.6 Å². The van der Waals surface area contributed by atoms with Crippen LogP contribution in [0.2, 0.25) is 0 Å². The van der Waals surface area contributed by atoms with Gasteiger partial charge in [0, 0.05) is 19.3 Å². The lowest BCUT2D eigenvalue weighted by atomic mass is 10.0. The van der Waals surface area contributed by atoms with E-state index in [1.807, 2.05) is 11.9 Å². The van der Waals surface area contributed by atoms with Crippen molar-refractivity contribution in [1.29, 1.82) is 5.26 Å². The molecule has 0 spiro atoms. The maximum Gasteiger partial charge on any atom is 0.119 e. The number of likely N-dealkylation sites (N-methyl/N-ethyl adjacent to an activating group) is 1. The van der Waals surface area contributed by atoms with Crippen LogP contribution >= 0.6 is 0 Å². The van der Waals surface area contributed by atoms with Crippen molar-refractivity contribution in [2.24, 2.45) is 5.73 Å². The zero-order chi connectivity index (χ0) is 12.3. The van der Waals surface area contributed by atoms with Gasteiger partial charge in [0.05, 0.1) is 6.07 Å². The number of rotatable bonds is 3. The summed E-state index contributed by atoms with van der Waals surface area (Å²) in [5, 5.41) is 8.90. The molecule has 0 saturated carbocycles. The van der Waals surface area contributed by atoms with Gasteiger partial charge in [-0.25, -0.2) is 0 Å². The molecule has 0 aliphatic rings. The third kappa shape index (κ3) is 3.25. The molecule has 0 bridgehead atoms. The lowest BCUT2D eigenvalue weighted by Crippen LogP contribution is -2.45. The normalized spacial score (nSPS) is 14.0. The van der Waals surface area contributed by atoms with Gasteiger partial charge >= 0.3 is 0 Å². The predicted octanol–water partition coefficient (Wildman–Crippen LogP) is 1.98. The Morgan fingerprint density at radius 3 is 2.25 bits per heavy atom. The van der Waals surface area contributed by atoms with Gasteiger partial charge in [0.1, 0.15) is 5.54 Å². The van der Waals surface area contributed by atoms with E-state index in [4.69, 9.17) is 11.0 Å². The summed E-state index contributed by atoms with van der Waals surface area (Å²) >= 11 is 0. The fourth-order valence-electron chi connectivity index (χ4n) is 1.79. The first kappa shape index (κ1) is 12.5. The van der Waals surface area contributed by atoms with Crippen LogP contribution in [-0.4, -0.2) is 19.1 Å². The van der Waals surface area contributed by atoms with Crippen LogP contribution in [0.15, 0.2) is 18.2 Å². The molecule has 1 unspecified atom stereocenters. The smallest absolute Gasteiger partial charge is 0.119 e. The molecule has 16 heavy (non-hydrogen) atoms. The Morgan fingerprint density at radius 1 is 1.31 bits per heavy atom. The van der Waals surface area contributed by atoms with Crippen LogP contribution in [0.25, 0.3) is 0 Å². The van der Waals surface area contributed by atoms with Gasteiger partial charge in [-0.1, -0.05) is 6.07 Å². The molecule has 1 atom stereocenters. The summed E-state index contributed by atoms with van der Waals surface area (Å²) in [5.74, 6) is 0. The van der Waals surface area contributed by atoms with E-state index in [0.29, 0.717) is 6.54 Å². The zero-order valence-corrected chi connectivity index (χ0v) is 10.4. The maximum absolute atomic E-state index is 8.90. The van der Waals surface area contributed by atoms with Crippen molar-refractivity contribution in [3.63, 3.8) is 0 Å². The Balaban J connectivity index is 2.89. The van der Waals surface area contributed by atoms with Crippen molar-refractivity contribution in [3.05, 3.63) is 29.3 Å². The van der Waals surface area contributed by atoms with Gasteiger partial charge < -0.3 is 10.6 Å². The molecule has 1 aromatic carbocycles. The molecule has 0 saturated heterocycles. The van der Waals surface area contributed by atoms with Gasteiger partial charge in [-0.15, -0.1) is 0 Å². The highest BCUT2D eigenvalue weighted by Crippen LogP contribution is 2.18. The molecule has 0 amide bonds. The maximum atomic E-state index is 8.90. The minimum Gasteiger partial charge on any atom is -0.372 e. The van der Waals surface area contributed by atoms with Crippen molar-refractivity contribution in [2.75, 3.05) is 18.5 Å². The number of benzene rings is 1. The summed E-state index contributed by atoms with van der Waals surface area (Å²) < 4.78 is 0. The first-order valence-electron chi connectivity index (χ1n) is 5.33. The monoisotopic (exact) mass is 217 g/mol. The Hall–Kier alpha value is -1.53. The zero-order valence-electron chi connectivity index (χ0n) is 10.4. The average molecular weight is 217 g/mol. The number of anilines is 1. The largest absolute Gasteiger partial charge is 0.372 e. The van der Waals surface area contributed by atoms with E-state index >= 15 is 0 Å². The average Bonchev–Trinajstić information content (AvgIpc) is 2.15. The van der Waals surface area contributed by atoms with Gasteiger partial charge in [0.2, 0.25) is 0 Å². The minimum absolute atomic E-state index is 0.520. The number of hydrogen-bond acceptors (Lipinski definition) is 3. The molecule has 1 rings (SSSR count). The SMILES string of the molecule is Cc1cc(C)cc(N(C)CC(C)(N)C#N)c1. The Bertz CT molecular complexity index is 395. The Labute approximate surface area is 97.5 Å². The molecule has 0 radical (unpaired) electrons. The summed E-state index contributed by atoms with van der Waals surface area (Å²) in [7, 11) is 1.96. The van der Waals surface area contributed by atoms with Crippen LogP contribution in [0.4, 0.5) is 5.69 Å². The van der Waals surface area contributed by atoms with Crippen molar-refractivity contribution in [2.45, 2.75) is 26.3 Å². The van der Waals surface area contributed by atoms with E-state index in [9.17, 15) is 0 Å². The highest BCUT2D eigenvalue weighted by atomic mass is 15.1. The lowest BCUT2D eigenvalue weighted by Gasteiger charge is -2.26. The third-order valence-electron chi connectivity index (χ3n) is 2.47. The second kappa shape index (κ2) is 4.54. The molecule has 86 valence electrons. The van der Waals surface area contributed by atoms with Gasteiger partial charge in [-0.3, -0.25) is 0 Å². The molecule has 3 heteroatoms. The van der Waals surface area contributed by atoms with Gasteiger partial charge in [-0.05, 0) is 44.0 Å². The number of nitriles is 1. The molecule has 0 aliphatic carbocycles. The summed E-state index contributed by atoms with van der Waals surface area (Å²) in [6, 6.07) is 8.43. The standard InChI is InChI=1S/C13H19N3/c1-10-5-11(2)7-12(6-10)16(4)9-13(3,15)8-14/h5-7H,9,15H2,1-4H3. The van der Waals surface area contributed by atoms with Crippen LogP contribution in [0.1, 0.15) is 18.1 Å². The molecule has 0 aromatic heterocycles. The Morgan fingerprint density at radius 2 is 1.81 bits per heavy atom. The summed E-state index contributed by atoms with van der Waals surface area (Å²) in [6.45, 7) is 6.39. The van der Waals surface area contributed by atoms with Gasteiger partial charge in [-0.2, -0.15) is 5.26 Å². The van der Waals surface area contributed by atoms with E-state index in [0.717, 1.165) is 5.69 Å². The lowest BCUT2D eigenvalue weighted by molar-refractivity contribution is 0.593. The first-order chi connectivity index (χ1) is 7.34. The second-order valence-electron chi connectivity index (χ2n) is 4.73. The van der Waals surface area contributed by atoms with E-state index in [1.165, 1.54) is 11.1 Å². The minimum atomic E-state index is -0.813. The quantitative estimate of drug-likeness (QED) is 0.842. The van der Waals surface area contributed by atoms with Crippen molar-refractivity contribution < 1.29 is 0 Å². The van der Waals surface area contributed by atoms with Gasteiger partial charge in [0.25, 0.3) is 0 Å².